The maximum Gasteiger partial charge on any atom is 0.235 e. The molecule has 1 amide bonds. The molecule has 2 rings (SSSR count). The second-order valence-electron chi connectivity index (χ2n) is 4.64. The molecule has 2 heterocycles. The van der Waals surface area contributed by atoms with Gasteiger partial charge in [0.05, 0.1) is 10.5 Å². The maximum atomic E-state index is 12.1. The summed E-state index contributed by atoms with van der Waals surface area (Å²) in [6.45, 7) is 0.941. The molecule has 2 saturated heterocycles. The van der Waals surface area contributed by atoms with Crippen molar-refractivity contribution in [1.29, 1.82) is 0 Å². The standard InChI is InChI=1S/C10H18N2O3S2/c11-17(14,15)8-3-1-5-12(7-8)10(13)9-4-2-6-16-9/h8-9H,1-7H2,(H2,11,14,15). The van der Waals surface area contributed by atoms with Crippen LogP contribution < -0.4 is 5.14 Å². The molecule has 0 saturated carbocycles. The van der Waals surface area contributed by atoms with E-state index < -0.39 is 15.3 Å². The van der Waals surface area contributed by atoms with E-state index >= 15 is 0 Å². The zero-order chi connectivity index (χ0) is 12.5. The first-order valence-electron chi connectivity index (χ1n) is 5.90. The number of piperidine rings is 1. The minimum atomic E-state index is -3.52. The van der Waals surface area contributed by atoms with Crippen LogP contribution in [0.25, 0.3) is 0 Å². The summed E-state index contributed by atoms with van der Waals surface area (Å²) < 4.78 is 22.6. The monoisotopic (exact) mass is 278 g/mol. The Balaban J connectivity index is 1.99. The number of sulfonamides is 1. The summed E-state index contributed by atoms with van der Waals surface area (Å²) in [4.78, 5) is 13.8. The summed E-state index contributed by atoms with van der Waals surface area (Å²) in [6, 6.07) is 0. The van der Waals surface area contributed by atoms with Crippen LogP contribution in [0.2, 0.25) is 0 Å². The Morgan fingerprint density at radius 3 is 2.65 bits per heavy atom. The third-order valence-corrected chi connectivity index (χ3v) is 6.04. The van der Waals surface area contributed by atoms with E-state index in [1.54, 1.807) is 16.7 Å². The lowest BCUT2D eigenvalue weighted by Gasteiger charge is -2.33. The first-order valence-corrected chi connectivity index (χ1v) is 8.56. The maximum absolute atomic E-state index is 12.1. The molecule has 0 aromatic carbocycles. The molecule has 7 heteroatoms. The third-order valence-electron chi connectivity index (χ3n) is 3.36. The number of primary sulfonamides is 1. The molecule has 2 aliphatic rings. The highest BCUT2D eigenvalue weighted by atomic mass is 32.2. The van der Waals surface area contributed by atoms with Crippen molar-refractivity contribution in [2.75, 3.05) is 18.8 Å². The smallest absolute Gasteiger partial charge is 0.235 e. The van der Waals surface area contributed by atoms with E-state index in [0.29, 0.717) is 13.0 Å². The predicted octanol–water partition coefficient (Wildman–Crippen LogP) is 0.162. The predicted molar refractivity (Wildman–Crippen MR) is 68.2 cm³/mol. The molecule has 5 nitrogen and oxygen atoms in total. The number of amides is 1. The molecule has 0 aliphatic carbocycles. The van der Waals surface area contributed by atoms with Crippen LogP contribution >= 0.6 is 11.8 Å². The van der Waals surface area contributed by atoms with Crippen LogP contribution in [0.5, 0.6) is 0 Å². The van der Waals surface area contributed by atoms with Crippen molar-refractivity contribution in [2.24, 2.45) is 5.14 Å². The van der Waals surface area contributed by atoms with Gasteiger partial charge in [-0.05, 0) is 31.4 Å². The van der Waals surface area contributed by atoms with Crippen LogP contribution in [0.15, 0.2) is 0 Å². The second-order valence-corrected chi connectivity index (χ2v) is 7.79. The van der Waals surface area contributed by atoms with Gasteiger partial charge in [-0.25, -0.2) is 13.6 Å². The van der Waals surface area contributed by atoms with E-state index in [9.17, 15) is 13.2 Å². The van der Waals surface area contributed by atoms with Gasteiger partial charge in [0.2, 0.25) is 15.9 Å². The average Bonchev–Trinajstić information content (AvgIpc) is 2.80. The highest BCUT2D eigenvalue weighted by Crippen LogP contribution is 2.29. The van der Waals surface area contributed by atoms with Crippen molar-refractivity contribution in [1.82, 2.24) is 4.90 Å². The molecule has 2 fully saturated rings. The number of carbonyl (C=O) groups excluding carboxylic acids is 1. The second kappa shape index (κ2) is 5.16. The number of hydrogen-bond acceptors (Lipinski definition) is 4. The molecule has 2 N–H and O–H groups in total. The summed E-state index contributed by atoms with van der Waals surface area (Å²) in [5.74, 6) is 1.13. The van der Waals surface area contributed by atoms with E-state index in [4.69, 9.17) is 5.14 Å². The zero-order valence-corrected chi connectivity index (χ0v) is 11.3. The molecule has 0 aromatic rings. The SMILES string of the molecule is NS(=O)(=O)C1CCCN(C(=O)C2CCCS2)C1. The lowest BCUT2D eigenvalue weighted by Crippen LogP contribution is -2.49. The summed E-state index contributed by atoms with van der Waals surface area (Å²) in [5.41, 5.74) is 0. The number of thioether (sulfide) groups is 1. The van der Waals surface area contributed by atoms with Crippen molar-refractivity contribution >= 4 is 27.7 Å². The number of rotatable bonds is 2. The molecule has 0 aromatic heterocycles. The van der Waals surface area contributed by atoms with Crippen LogP contribution in [0.1, 0.15) is 25.7 Å². The van der Waals surface area contributed by atoms with Crippen molar-refractivity contribution in [3.63, 3.8) is 0 Å². The molecular weight excluding hydrogens is 260 g/mol. The van der Waals surface area contributed by atoms with Crippen molar-refractivity contribution in [3.05, 3.63) is 0 Å². The van der Waals surface area contributed by atoms with Crippen LogP contribution in [-0.2, 0) is 14.8 Å². The normalized spacial score (nSPS) is 30.5. The fraction of sp³-hybridized carbons (Fsp3) is 0.900. The minimum Gasteiger partial charge on any atom is -0.340 e. The topological polar surface area (TPSA) is 80.5 Å². The number of carbonyl (C=O) groups is 1. The van der Waals surface area contributed by atoms with E-state index in [1.165, 1.54) is 0 Å². The molecule has 98 valence electrons. The highest BCUT2D eigenvalue weighted by molar-refractivity contribution is 8.00. The Morgan fingerprint density at radius 2 is 2.06 bits per heavy atom. The van der Waals surface area contributed by atoms with Crippen molar-refractivity contribution in [3.8, 4) is 0 Å². The summed E-state index contributed by atoms with van der Waals surface area (Å²) in [5, 5.41) is 4.61. The van der Waals surface area contributed by atoms with Gasteiger partial charge in [-0.3, -0.25) is 4.79 Å². The Labute approximate surface area is 106 Å². The Bertz CT molecular complexity index is 390. The number of nitrogens with two attached hydrogens (primary N) is 1. The van der Waals surface area contributed by atoms with E-state index in [2.05, 4.69) is 0 Å². The third kappa shape index (κ3) is 3.14. The van der Waals surface area contributed by atoms with Gasteiger partial charge in [-0.1, -0.05) is 0 Å². The number of likely N-dealkylation sites (tertiary alicyclic amines) is 1. The fourth-order valence-corrected chi connectivity index (χ4v) is 4.51. The fourth-order valence-electron chi connectivity index (χ4n) is 2.38. The Hall–Kier alpha value is -0.270. The van der Waals surface area contributed by atoms with Gasteiger partial charge >= 0.3 is 0 Å². The van der Waals surface area contributed by atoms with Crippen molar-refractivity contribution < 1.29 is 13.2 Å². The van der Waals surface area contributed by atoms with Gasteiger partial charge in [0, 0.05) is 13.1 Å². The molecule has 2 atom stereocenters. The minimum absolute atomic E-state index is 0.0363. The van der Waals surface area contributed by atoms with Gasteiger partial charge in [-0.2, -0.15) is 0 Å². The first kappa shape index (κ1) is 13.2. The molecular formula is C10H18N2O3S2. The summed E-state index contributed by atoms with van der Waals surface area (Å²) >= 11 is 1.68. The van der Waals surface area contributed by atoms with Crippen LogP contribution in [0, 0.1) is 0 Å². The number of hydrogen-bond donors (Lipinski definition) is 1. The van der Waals surface area contributed by atoms with Crippen molar-refractivity contribution in [2.45, 2.75) is 36.2 Å². The van der Waals surface area contributed by atoms with Gasteiger partial charge in [0.25, 0.3) is 0 Å². The lowest BCUT2D eigenvalue weighted by atomic mass is 10.1. The highest BCUT2D eigenvalue weighted by Gasteiger charge is 2.34. The van der Waals surface area contributed by atoms with Gasteiger partial charge in [0.15, 0.2) is 0 Å². The Kier molecular flexibility index (Phi) is 3.99. The summed E-state index contributed by atoms with van der Waals surface area (Å²) in [6.07, 6.45) is 3.29. The molecule has 17 heavy (non-hydrogen) atoms. The molecule has 0 radical (unpaired) electrons. The van der Waals surface area contributed by atoms with Gasteiger partial charge in [-0.15, -0.1) is 11.8 Å². The Morgan fingerprint density at radius 1 is 1.29 bits per heavy atom. The van der Waals surface area contributed by atoms with Crippen LogP contribution in [0.3, 0.4) is 0 Å². The zero-order valence-electron chi connectivity index (χ0n) is 9.67. The summed E-state index contributed by atoms with van der Waals surface area (Å²) in [7, 11) is -3.52. The first-order chi connectivity index (χ1) is 7.98. The van der Waals surface area contributed by atoms with Gasteiger partial charge < -0.3 is 4.90 Å². The lowest BCUT2D eigenvalue weighted by molar-refractivity contribution is -0.131. The quantitative estimate of drug-likeness (QED) is 0.780. The molecule has 0 spiro atoms. The number of nitrogens with zero attached hydrogens (tertiary/aromatic N) is 1. The molecule has 2 unspecified atom stereocenters. The van der Waals surface area contributed by atoms with E-state index in [1.807, 2.05) is 0 Å². The van der Waals surface area contributed by atoms with Gasteiger partial charge in [0.1, 0.15) is 0 Å². The largest absolute Gasteiger partial charge is 0.340 e. The molecule has 0 bridgehead atoms. The van der Waals surface area contributed by atoms with Crippen LogP contribution in [0.4, 0.5) is 0 Å². The molecule has 2 aliphatic heterocycles. The van der Waals surface area contributed by atoms with E-state index in [-0.39, 0.29) is 17.7 Å². The van der Waals surface area contributed by atoms with Crippen LogP contribution in [-0.4, -0.2) is 48.6 Å². The van der Waals surface area contributed by atoms with E-state index in [0.717, 1.165) is 25.0 Å². The average molecular weight is 278 g/mol.